The number of rotatable bonds is 71. The summed E-state index contributed by atoms with van der Waals surface area (Å²) in [5.41, 5.74) is 0. The first kappa shape index (κ1) is 90.1. The maximum absolute atomic E-state index is 13.1. The highest BCUT2D eigenvalue weighted by atomic mass is 31.2. The van der Waals surface area contributed by atoms with Gasteiger partial charge >= 0.3 is 39.5 Å². The molecule has 0 aliphatic heterocycles. The summed E-state index contributed by atoms with van der Waals surface area (Å²) in [7, 11) is -9.91. The lowest BCUT2D eigenvalue weighted by Gasteiger charge is -2.21. The number of phosphoric ester groups is 2. The maximum Gasteiger partial charge on any atom is 0.472 e. The van der Waals surface area contributed by atoms with E-state index in [0.717, 1.165) is 108 Å². The fraction of sp³-hybridized carbons (Fsp3) is 0.945. The number of esters is 4. The highest BCUT2D eigenvalue weighted by Gasteiger charge is 2.30. The molecule has 0 aliphatic rings. The van der Waals surface area contributed by atoms with Gasteiger partial charge in [0, 0.05) is 25.7 Å². The standard InChI is InChI=1S/C73H142O17P2/c1-8-9-10-11-12-13-14-15-16-17-18-21-27-34-42-49-56-72(77)89-68(60-83-70(75)54-47-40-33-26-22-19-20-24-30-37-44-51-64(2)3)62-87-91(79,80)85-58-67(74)59-86-92(81,82)88-63-69(61-84-71(76)55-48-41-36-29-32-39-46-53-66(6)7)90-73(78)57-50-43-35-28-23-25-31-38-45-52-65(4)5/h64-69,74H,8-63H2,1-7H3,(H,79,80)(H,81,82)/t67-,68-,69-/m1/s1. The number of aliphatic hydroxyl groups is 1. The molecule has 0 rings (SSSR count). The van der Waals surface area contributed by atoms with Crippen LogP contribution in [0.4, 0.5) is 0 Å². The molecule has 17 nitrogen and oxygen atoms in total. The van der Waals surface area contributed by atoms with Crippen LogP contribution in [0.3, 0.4) is 0 Å². The molecule has 2 unspecified atom stereocenters. The molecule has 92 heavy (non-hydrogen) atoms. The summed E-state index contributed by atoms with van der Waals surface area (Å²) in [6, 6.07) is 0. The van der Waals surface area contributed by atoms with Gasteiger partial charge in [-0.25, -0.2) is 9.13 Å². The van der Waals surface area contributed by atoms with Crippen molar-refractivity contribution in [2.24, 2.45) is 17.8 Å². The largest absolute Gasteiger partial charge is 0.472 e. The van der Waals surface area contributed by atoms with Crippen molar-refractivity contribution in [3.05, 3.63) is 0 Å². The molecule has 0 bridgehead atoms. The second-order valence-corrected chi connectivity index (χ2v) is 30.7. The van der Waals surface area contributed by atoms with Gasteiger partial charge in [0.2, 0.25) is 0 Å². The average molecular weight is 1350 g/mol. The molecule has 546 valence electrons. The second kappa shape index (κ2) is 63.8. The van der Waals surface area contributed by atoms with Crippen LogP contribution < -0.4 is 0 Å². The minimum absolute atomic E-state index is 0.104. The molecule has 0 heterocycles. The Hall–Kier alpha value is -1.94. The van der Waals surface area contributed by atoms with Crippen LogP contribution in [0, 0.1) is 17.8 Å². The van der Waals surface area contributed by atoms with Gasteiger partial charge in [-0.05, 0) is 43.4 Å². The van der Waals surface area contributed by atoms with Crippen molar-refractivity contribution in [2.75, 3.05) is 39.6 Å². The molecule has 0 aromatic rings. The summed E-state index contributed by atoms with van der Waals surface area (Å²) in [4.78, 5) is 72.7. The molecule has 0 saturated heterocycles. The summed E-state index contributed by atoms with van der Waals surface area (Å²) >= 11 is 0. The van der Waals surface area contributed by atoms with E-state index in [1.165, 1.54) is 173 Å². The molecule has 0 saturated carbocycles. The van der Waals surface area contributed by atoms with Crippen molar-refractivity contribution in [3.63, 3.8) is 0 Å². The van der Waals surface area contributed by atoms with E-state index in [2.05, 4.69) is 48.5 Å². The van der Waals surface area contributed by atoms with Gasteiger partial charge < -0.3 is 33.8 Å². The molecule has 3 N–H and O–H groups in total. The number of hydrogen-bond acceptors (Lipinski definition) is 15. The summed E-state index contributed by atoms with van der Waals surface area (Å²) in [6.07, 6.45) is 48.6. The van der Waals surface area contributed by atoms with E-state index in [1.807, 2.05) is 0 Å². The smallest absolute Gasteiger partial charge is 0.462 e. The minimum Gasteiger partial charge on any atom is -0.462 e. The van der Waals surface area contributed by atoms with Crippen molar-refractivity contribution in [1.29, 1.82) is 0 Å². The van der Waals surface area contributed by atoms with Crippen molar-refractivity contribution < 1.29 is 80.2 Å². The molecule has 0 spiro atoms. The SMILES string of the molecule is CCCCCCCCCCCCCCCCCCC(=O)O[C@H](COC(=O)CCCCCCCCCCCCCC(C)C)COP(=O)(O)OC[C@@H](O)COP(=O)(O)OC[C@@H](COC(=O)CCCCCCCCCC(C)C)OC(=O)CCCCCCCCCCCC(C)C. The first-order valence-electron chi connectivity index (χ1n) is 37.8. The first-order valence-corrected chi connectivity index (χ1v) is 40.8. The Bertz CT molecular complexity index is 1800. The van der Waals surface area contributed by atoms with Gasteiger partial charge in [0.1, 0.15) is 19.3 Å². The fourth-order valence-electron chi connectivity index (χ4n) is 11.1. The van der Waals surface area contributed by atoms with Gasteiger partial charge in [0.15, 0.2) is 12.2 Å². The molecule has 0 amide bonds. The zero-order valence-corrected chi connectivity index (χ0v) is 61.8. The summed E-state index contributed by atoms with van der Waals surface area (Å²) in [6.45, 7) is 11.8. The van der Waals surface area contributed by atoms with Gasteiger partial charge in [-0.1, -0.05) is 318 Å². The van der Waals surface area contributed by atoms with Gasteiger partial charge in [0.25, 0.3) is 0 Å². The number of aliphatic hydroxyl groups excluding tert-OH is 1. The third kappa shape index (κ3) is 66.7. The number of carbonyl (C=O) groups excluding carboxylic acids is 4. The van der Waals surface area contributed by atoms with E-state index in [4.69, 9.17) is 37.0 Å². The van der Waals surface area contributed by atoms with Crippen molar-refractivity contribution in [1.82, 2.24) is 0 Å². The highest BCUT2D eigenvalue weighted by Crippen LogP contribution is 2.45. The maximum atomic E-state index is 13.1. The molecular formula is C73H142O17P2. The van der Waals surface area contributed by atoms with Crippen LogP contribution in [0.15, 0.2) is 0 Å². The number of hydrogen-bond donors (Lipinski definition) is 3. The lowest BCUT2D eigenvalue weighted by molar-refractivity contribution is -0.161. The topological polar surface area (TPSA) is 237 Å². The molecule has 0 aliphatic carbocycles. The van der Waals surface area contributed by atoms with Gasteiger partial charge in [-0.2, -0.15) is 0 Å². The van der Waals surface area contributed by atoms with E-state index >= 15 is 0 Å². The van der Waals surface area contributed by atoms with E-state index in [1.54, 1.807) is 0 Å². The van der Waals surface area contributed by atoms with Crippen LogP contribution in [0.5, 0.6) is 0 Å². The van der Waals surface area contributed by atoms with Crippen LogP contribution in [0.1, 0.15) is 370 Å². The average Bonchev–Trinajstić information content (AvgIpc) is 3.15. The highest BCUT2D eigenvalue weighted by molar-refractivity contribution is 7.47. The Kier molecular flexibility index (Phi) is 62.4. The van der Waals surface area contributed by atoms with E-state index in [-0.39, 0.29) is 25.7 Å². The number of carbonyl (C=O) groups is 4. The van der Waals surface area contributed by atoms with Crippen LogP contribution >= 0.6 is 15.6 Å². The third-order valence-corrected chi connectivity index (χ3v) is 18.8. The predicted molar refractivity (Wildman–Crippen MR) is 372 cm³/mol. The first-order chi connectivity index (χ1) is 44.2. The van der Waals surface area contributed by atoms with Gasteiger partial charge in [-0.3, -0.25) is 37.3 Å². The van der Waals surface area contributed by atoms with E-state index in [0.29, 0.717) is 31.6 Å². The normalized spacial score (nSPS) is 14.1. The molecule has 0 radical (unpaired) electrons. The van der Waals surface area contributed by atoms with Crippen LogP contribution in [0.2, 0.25) is 0 Å². The zero-order valence-electron chi connectivity index (χ0n) is 60.0. The molecule has 0 aromatic heterocycles. The summed E-state index contributed by atoms with van der Waals surface area (Å²) in [5, 5.41) is 10.6. The Morgan fingerprint density at radius 1 is 0.293 bits per heavy atom. The van der Waals surface area contributed by atoms with Crippen molar-refractivity contribution >= 4 is 39.5 Å². The van der Waals surface area contributed by atoms with Crippen molar-refractivity contribution in [2.45, 2.75) is 388 Å². The minimum atomic E-state index is -4.95. The molecule has 19 heteroatoms. The monoisotopic (exact) mass is 1350 g/mol. The van der Waals surface area contributed by atoms with Crippen LogP contribution in [-0.2, 0) is 65.4 Å². The quantitative estimate of drug-likeness (QED) is 0.0222. The second-order valence-electron chi connectivity index (χ2n) is 27.8. The fourth-order valence-corrected chi connectivity index (χ4v) is 12.7. The van der Waals surface area contributed by atoms with Gasteiger partial charge in [0.05, 0.1) is 26.4 Å². The lowest BCUT2D eigenvalue weighted by Crippen LogP contribution is -2.30. The van der Waals surface area contributed by atoms with Crippen LogP contribution in [0.25, 0.3) is 0 Å². The molecule has 0 aromatic carbocycles. The lowest BCUT2D eigenvalue weighted by atomic mass is 10.0. The molecule has 0 fully saturated rings. The predicted octanol–water partition coefficient (Wildman–Crippen LogP) is 21.0. The molecule has 5 atom stereocenters. The number of ether oxygens (including phenoxy) is 4. The summed E-state index contributed by atoms with van der Waals surface area (Å²) in [5.74, 6) is 0.0901. The van der Waals surface area contributed by atoms with E-state index < -0.39 is 97.5 Å². The van der Waals surface area contributed by atoms with E-state index in [9.17, 15) is 43.2 Å². The Morgan fingerprint density at radius 2 is 0.500 bits per heavy atom. The summed E-state index contributed by atoms with van der Waals surface area (Å²) < 4.78 is 68.4. The van der Waals surface area contributed by atoms with Crippen molar-refractivity contribution in [3.8, 4) is 0 Å². The van der Waals surface area contributed by atoms with Crippen LogP contribution in [-0.4, -0.2) is 96.7 Å². The Balaban J connectivity index is 5.25. The Labute approximate surface area is 562 Å². The van der Waals surface area contributed by atoms with Gasteiger partial charge in [-0.15, -0.1) is 0 Å². The number of unbranched alkanes of at least 4 members (excludes halogenated alkanes) is 39. The zero-order chi connectivity index (χ0) is 68.0. The third-order valence-electron chi connectivity index (χ3n) is 16.9. The molecular weight excluding hydrogens is 1210 g/mol. The number of phosphoric acid groups is 2. The Morgan fingerprint density at radius 3 is 0.739 bits per heavy atom.